The number of nitrogens with zero attached hydrogens (tertiary/aromatic N) is 2. The van der Waals surface area contributed by atoms with Gasteiger partial charge in [-0.25, -0.2) is 9.97 Å². The van der Waals surface area contributed by atoms with Gasteiger partial charge in [-0.05, 0) is 24.6 Å². The number of hydrogen-bond acceptors (Lipinski definition) is 4. The second-order valence-corrected chi connectivity index (χ2v) is 4.25. The normalized spacial score (nSPS) is 9.88. The zero-order valence-corrected chi connectivity index (χ0v) is 12.1. The Kier molecular flexibility index (Phi) is 4.54. The first-order chi connectivity index (χ1) is 7.65. The minimum absolute atomic E-state index is 0. The molecule has 0 N–H and O–H groups in total. The molecule has 6 heteroatoms. The standard InChI is InChI=1S/C11H11BrN2O2.ClH/c1-6-4-7(12)5-8-9(6)14-11(16-3)10(13-8)15-2;/h4-5H,1-3H3;1H. The highest BCUT2D eigenvalue weighted by Crippen LogP contribution is 2.28. The van der Waals surface area contributed by atoms with Crippen molar-refractivity contribution in [3.63, 3.8) is 0 Å². The van der Waals surface area contributed by atoms with Crippen LogP contribution in [0.3, 0.4) is 0 Å². The molecule has 0 atom stereocenters. The summed E-state index contributed by atoms with van der Waals surface area (Å²) >= 11 is 3.43. The van der Waals surface area contributed by atoms with E-state index >= 15 is 0 Å². The van der Waals surface area contributed by atoms with E-state index in [1.807, 2.05) is 19.1 Å². The number of halogens is 2. The lowest BCUT2D eigenvalue weighted by molar-refractivity contribution is 0.334. The largest absolute Gasteiger partial charge is 0.477 e. The van der Waals surface area contributed by atoms with E-state index in [9.17, 15) is 0 Å². The summed E-state index contributed by atoms with van der Waals surface area (Å²) < 4.78 is 11.2. The third-order valence-electron chi connectivity index (χ3n) is 2.25. The fraction of sp³-hybridized carbons (Fsp3) is 0.273. The van der Waals surface area contributed by atoms with Crippen molar-refractivity contribution < 1.29 is 9.47 Å². The molecule has 2 rings (SSSR count). The molecule has 0 saturated heterocycles. The van der Waals surface area contributed by atoms with Gasteiger partial charge in [-0.3, -0.25) is 0 Å². The Morgan fingerprint density at radius 1 is 1.06 bits per heavy atom. The molecule has 1 heterocycles. The lowest BCUT2D eigenvalue weighted by atomic mass is 10.2. The monoisotopic (exact) mass is 318 g/mol. The van der Waals surface area contributed by atoms with Gasteiger partial charge >= 0.3 is 0 Å². The fourth-order valence-electron chi connectivity index (χ4n) is 1.52. The summed E-state index contributed by atoms with van der Waals surface area (Å²) in [5, 5.41) is 0. The van der Waals surface area contributed by atoms with Crippen molar-refractivity contribution >= 4 is 39.4 Å². The van der Waals surface area contributed by atoms with E-state index in [0.29, 0.717) is 11.8 Å². The first-order valence-corrected chi connectivity index (χ1v) is 5.51. The van der Waals surface area contributed by atoms with E-state index in [1.54, 1.807) is 14.2 Å². The van der Waals surface area contributed by atoms with Crippen LogP contribution in [0.1, 0.15) is 5.56 Å². The van der Waals surface area contributed by atoms with Gasteiger partial charge in [0.15, 0.2) is 0 Å². The minimum Gasteiger partial charge on any atom is -0.477 e. The first kappa shape index (κ1) is 14.0. The molecule has 0 aliphatic carbocycles. The van der Waals surface area contributed by atoms with Crippen LogP contribution in [-0.4, -0.2) is 24.2 Å². The molecule has 1 aromatic heterocycles. The zero-order valence-electron chi connectivity index (χ0n) is 9.65. The molecule has 0 aliphatic rings. The molecule has 92 valence electrons. The predicted molar refractivity (Wildman–Crippen MR) is 72.3 cm³/mol. The van der Waals surface area contributed by atoms with Crippen LogP contribution in [0.15, 0.2) is 16.6 Å². The minimum atomic E-state index is 0. The molecule has 0 bridgehead atoms. The van der Waals surface area contributed by atoms with Crippen LogP contribution in [0.25, 0.3) is 11.0 Å². The lowest BCUT2D eigenvalue weighted by Crippen LogP contribution is -1.98. The topological polar surface area (TPSA) is 44.2 Å². The molecule has 0 unspecified atom stereocenters. The molecule has 0 spiro atoms. The zero-order chi connectivity index (χ0) is 11.7. The summed E-state index contributed by atoms with van der Waals surface area (Å²) in [6, 6.07) is 3.89. The molecule has 0 aliphatic heterocycles. The Balaban J connectivity index is 0.00000144. The number of benzene rings is 1. The molecule has 0 fully saturated rings. The highest BCUT2D eigenvalue weighted by atomic mass is 79.9. The summed E-state index contributed by atoms with van der Waals surface area (Å²) in [6.07, 6.45) is 0. The van der Waals surface area contributed by atoms with Crippen LogP contribution in [0.5, 0.6) is 11.8 Å². The van der Waals surface area contributed by atoms with Crippen LogP contribution < -0.4 is 9.47 Å². The van der Waals surface area contributed by atoms with Gasteiger partial charge in [0, 0.05) is 4.47 Å². The maximum Gasteiger partial charge on any atom is 0.278 e. The number of fused-ring (bicyclic) bond motifs is 1. The quantitative estimate of drug-likeness (QED) is 0.853. The van der Waals surface area contributed by atoms with E-state index in [-0.39, 0.29) is 12.4 Å². The highest BCUT2D eigenvalue weighted by Gasteiger charge is 2.11. The van der Waals surface area contributed by atoms with E-state index in [4.69, 9.17) is 9.47 Å². The fourth-order valence-corrected chi connectivity index (χ4v) is 2.08. The maximum absolute atomic E-state index is 5.12. The molecule has 0 saturated carbocycles. The molecule has 17 heavy (non-hydrogen) atoms. The predicted octanol–water partition coefficient (Wildman–Crippen LogP) is 3.14. The highest BCUT2D eigenvalue weighted by molar-refractivity contribution is 9.10. The molecule has 4 nitrogen and oxygen atoms in total. The first-order valence-electron chi connectivity index (χ1n) is 4.71. The number of aromatic nitrogens is 2. The van der Waals surface area contributed by atoms with Crippen LogP contribution in [0, 0.1) is 6.92 Å². The molecule has 1 aromatic carbocycles. The molecule has 2 aromatic rings. The smallest absolute Gasteiger partial charge is 0.278 e. The van der Waals surface area contributed by atoms with Crippen molar-refractivity contribution in [1.82, 2.24) is 9.97 Å². The van der Waals surface area contributed by atoms with Crippen molar-refractivity contribution in [3.8, 4) is 11.8 Å². The average molecular weight is 320 g/mol. The van der Waals surface area contributed by atoms with Crippen LogP contribution >= 0.6 is 28.3 Å². The van der Waals surface area contributed by atoms with Gasteiger partial charge in [-0.2, -0.15) is 0 Å². The SMILES string of the molecule is COc1nc2cc(Br)cc(C)c2nc1OC.Cl. The second-order valence-electron chi connectivity index (χ2n) is 3.33. The number of rotatable bonds is 2. The van der Waals surface area contributed by atoms with Gasteiger partial charge in [0.05, 0.1) is 25.3 Å². The van der Waals surface area contributed by atoms with Crippen molar-refractivity contribution in [2.24, 2.45) is 0 Å². The Bertz CT molecular complexity index is 548. The Morgan fingerprint density at radius 3 is 2.24 bits per heavy atom. The van der Waals surface area contributed by atoms with Gasteiger partial charge in [0.1, 0.15) is 0 Å². The Hall–Kier alpha value is -1.07. The third-order valence-corrected chi connectivity index (χ3v) is 2.71. The van der Waals surface area contributed by atoms with Crippen molar-refractivity contribution in [2.45, 2.75) is 6.92 Å². The third kappa shape index (κ3) is 2.61. The number of methoxy groups -OCH3 is 2. The summed E-state index contributed by atoms with van der Waals surface area (Å²) in [7, 11) is 3.09. The van der Waals surface area contributed by atoms with E-state index in [2.05, 4.69) is 25.9 Å². The van der Waals surface area contributed by atoms with Gasteiger partial charge in [0.25, 0.3) is 11.8 Å². The second kappa shape index (κ2) is 5.51. The molecule has 0 radical (unpaired) electrons. The van der Waals surface area contributed by atoms with E-state index in [0.717, 1.165) is 21.1 Å². The van der Waals surface area contributed by atoms with Gasteiger partial charge in [-0.15, -0.1) is 12.4 Å². The van der Waals surface area contributed by atoms with E-state index in [1.165, 1.54) is 0 Å². The Labute approximate surface area is 114 Å². The molecular formula is C11H12BrClN2O2. The van der Waals surface area contributed by atoms with Gasteiger partial charge in [0.2, 0.25) is 0 Å². The van der Waals surface area contributed by atoms with Gasteiger partial charge in [-0.1, -0.05) is 15.9 Å². The summed E-state index contributed by atoms with van der Waals surface area (Å²) in [5.41, 5.74) is 2.64. The summed E-state index contributed by atoms with van der Waals surface area (Å²) in [5.74, 6) is 0.799. The molecule has 0 amide bonds. The van der Waals surface area contributed by atoms with Crippen LogP contribution in [0.2, 0.25) is 0 Å². The number of ether oxygens (including phenoxy) is 2. The Morgan fingerprint density at radius 2 is 1.65 bits per heavy atom. The van der Waals surface area contributed by atoms with Crippen molar-refractivity contribution in [1.29, 1.82) is 0 Å². The van der Waals surface area contributed by atoms with Crippen LogP contribution in [-0.2, 0) is 0 Å². The molecular weight excluding hydrogens is 307 g/mol. The summed E-state index contributed by atoms with van der Waals surface area (Å²) in [4.78, 5) is 8.72. The average Bonchev–Trinajstić information content (AvgIpc) is 2.27. The van der Waals surface area contributed by atoms with Crippen LogP contribution in [0.4, 0.5) is 0 Å². The van der Waals surface area contributed by atoms with Crippen molar-refractivity contribution in [2.75, 3.05) is 14.2 Å². The lowest BCUT2D eigenvalue weighted by Gasteiger charge is -2.08. The number of aryl methyl sites for hydroxylation is 1. The maximum atomic E-state index is 5.12. The summed E-state index contributed by atoms with van der Waals surface area (Å²) in [6.45, 7) is 1.98. The van der Waals surface area contributed by atoms with E-state index < -0.39 is 0 Å². The number of hydrogen-bond donors (Lipinski definition) is 0. The van der Waals surface area contributed by atoms with Crippen molar-refractivity contribution in [3.05, 3.63) is 22.2 Å². The van der Waals surface area contributed by atoms with Gasteiger partial charge < -0.3 is 9.47 Å².